The van der Waals surface area contributed by atoms with Crippen LogP contribution in [0, 0.1) is 0 Å². The Hall–Kier alpha value is -4.83. The second-order valence-electron chi connectivity index (χ2n) is 12.7. The Bertz CT molecular complexity index is 2630. The Morgan fingerprint density at radius 1 is 0.604 bits per heavy atom. The van der Waals surface area contributed by atoms with E-state index in [1.165, 1.54) is 91.2 Å². The summed E-state index contributed by atoms with van der Waals surface area (Å²) in [5.74, 6) is 0. The predicted octanol–water partition coefficient (Wildman–Crippen LogP) is 12.8. The van der Waals surface area contributed by atoms with Gasteiger partial charge in [0.1, 0.15) is 0 Å². The van der Waals surface area contributed by atoms with Crippen LogP contribution in [0.1, 0.15) is 53.0 Å². The SMILES string of the molecule is C1=Cc2c(sc3c(-c4cccc5c4Sc4ccccc4C54c5ccccc5-n5c6ccccc6c6cccc4c65)cccc23)CC1.CC. The number of para-hydroxylation sites is 3. The fraction of sp³-hybridized carbons (Fsp3) is 0.111. The summed E-state index contributed by atoms with van der Waals surface area (Å²) >= 11 is 3.95. The molecule has 0 fully saturated rings. The minimum absolute atomic E-state index is 0.459. The zero-order valence-electron chi connectivity index (χ0n) is 27.0. The number of nitrogens with zero attached hydrogens (tertiary/aromatic N) is 1. The largest absolute Gasteiger partial charge is 0.309 e. The molecule has 0 N–H and O–H groups in total. The number of thiophene rings is 1. The maximum absolute atomic E-state index is 2.53. The van der Waals surface area contributed by atoms with E-state index < -0.39 is 5.41 Å². The molecule has 3 aliphatic rings. The molecule has 0 saturated heterocycles. The molecular formula is C45H33NS2. The molecule has 8 aromatic rings. The Kier molecular flexibility index (Phi) is 6.22. The van der Waals surface area contributed by atoms with E-state index in [0.717, 1.165) is 12.8 Å². The Morgan fingerprint density at radius 3 is 2.23 bits per heavy atom. The minimum atomic E-state index is -0.459. The van der Waals surface area contributed by atoms with Crippen LogP contribution < -0.4 is 0 Å². The molecule has 0 radical (unpaired) electrons. The molecule has 3 heteroatoms. The monoisotopic (exact) mass is 651 g/mol. The predicted molar refractivity (Wildman–Crippen MR) is 206 cm³/mol. The normalized spacial score (nSPS) is 16.7. The quantitative estimate of drug-likeness (QED) is 0.171. The van der Waals surface area contributed by atoms with E-state index in [9.17, 15) is 0 Å². The maximum atomic E-state index is 2.53. The van der Waals surface area contributed by atoms with Gasteiger partial charge < -0.3 is 4.57 Å². The van der Waals surface area contributed by atoms with Gasteiger partial charge in [0.2, 0.25) is 0 Å². The van der Waals surface area contributed by atoms with E-state index in [1.54, 1.807) is 0 Å². The van der Waals surface area contributed by atoms with Gasteiger partial charge in [-0.1, -0.05) is 147 Å². The first kappa shape index (κ1) is 28.2. The van der Waals surface area contributed by atoms with E-state index in [0.29, 0.717) is 0 Å². The van der Waals surface area contributed by atoms with Gasteiger partial charge in [-0.15, -0.1) is 11.3 Å². The van der Waals surface area contributed by atoms with Crippen LogP contribution in [0.4, 0.5) is 0 Å². The van der Waals surface area contributed by atoms with Gasteiger partial charge in [0.25, 0.3) is 0 Å². The molecule has 1 aliphatic carbocycles. The standard InChI is InChI=1S/C43H27NS2.C2H6/c1-5-22-36-26(12-1)28-14-10-20-34-40(28)44(36)37-23-6-3-18-32(37)43(34)33-19-4-8-25-39(33)46-42-31(17-11-21-35(42)43)30-16-9-15-29-27-13-2-7-24-38(27)45-41(29)30;1-2/h1-6,8-23,25H,7,24H2;1-2H3. The van der Waals surface area contributed by atoms with Crippen molar-refractivity contribution in [3.8, 4) is 16.8 Å². The van der Waals surface area contributed by atoms with Crippen molar-refractivity contribution in [2.45, 2.75) is 41.9 Å². The number of hydrogen-bond donors (Lipinski definition) is 0. The van der Waals surface area contributed by atoms with E-state index in [2.05, 4.69) is 144 Å². The Labute approximate surface area is 289 Å². The molecule has 2 aromatic heterocycles. The molecule has 0 amide bonds. The maximum Gasteiger partial charge on any atom is 0.0764 e. The second-order valence-corrected chi connectivity index (χ2v) is 14.8. The molecule has 4 heterocycles. The molecule has 230 valence electrons. The highest BCUT2D eigenvalue weighted by Crippen LogP contribution is 2.62. The summed E-state index contributed by atoms with van der Waals surface area (Å²) in [4.78, 5) is 4.22. The van der Waals surface area contributed by atoms with Gasteiger partial charge in [0.15, 0.2) is 0 Å². The van der Waals surface area contributed by atoms with Crippen molar-refractivity contribution in [3.63, 3.8) is 0 Å². The van der Waals surface area contributed by atoms with Crippen LogP contribution in [0.2, 0.25) is 0 Å². The van der Waals surface area contributed by atoms with Crippen molar-refractivity contribution in [3.05, 3.63) is 166 Å². The zero-order valence-corrected chi connectivity index (χ0v) is 28.6. The average Bonchev–Trinajstić information content (AvgIpc) is 3.71. The fourth-order valence-corrected chi connectivity index (χ4v) is 11.4. The lowest BCUT2D eigenvalue weighted by molar-refractivity contribution is 0.690. The third kappa shape index (κ3) is 3.53. The van der Waals surface area contributed by atoms with Gasteiger partial charge in [-0.2, -0.15) is 0 Å². The van der Waals surface area contributed by atoms with Gasteiger partial charge in [0.05, 0.1) is 22.1 Å². The molecule has 11 rings (SSSR count). The van der Waals surface area contributed by atoms with Crippen molar-refractivity contribution in [1.82, 2.24) is 4.57 Å². The highest BCUT2D eigenvalue weighted by atomic mass is 32.2. The number of rotatable bonds is 1. The number of fused-ring (bicyclic) bond motifs is 14. The van der Waals surface area contributed by atoms with Gasteiger partial charge in [0, 0.05) is 41.1 Å². The van der Waals surface area contributed by atoms with Crippen molar-refractivity contribution < 1.29 is 0 Å². The molecular weight excluding hydrogens is 619 g/mol. The second kappa shape index (κ2) is 10.6. The van der Waals surface area contributed by atoms with Gasteiger partial charge in [-0.25, -0.2) is 0 Å². The van der Waals surface area contributed by atoms with E-state index >= 15 is 0 Å². The minimum Gasteiger partial charge on any atom is -0.309 e. The molecule has 2 aliphatic heterocycles. The Morgan fingerprint density at radius 2 is 1.29 bits per heavy atom. The average molecular weight is 652 g/mol. The molecule has 1 spiro atoms. The summed E-state index contributed by atoms with van der Waals surface area (Å²) in [5.41, 5.74) is 13.0. The van der Waals surface area contributed by atoms with E-state index in [1.807, 2.05) is 36.9 Å². The number of aromatic nitrogens is 1. The summed E-state index contributed by atoms with van der Waals surface area (Å²) in [6.07, 6.45) is 6.95. The zero-order chi connectivity index (χ0) is 32.0. The highest BCUT2D eigenvalue weighted by molar-refractivity contribution is 7.99. The first-order valence-corrected chi connectivity index (χ1v) is 18.7. The topological polar surface area (TPSA) is 4.93 Å². The first-order valence-electron chi connectivity index (χ1n) is 17.1. The molecule has 1 unspecified atom stereocenters. The van der Waals surface area contributed by atoms with Crippen LogP contribution in [0.25, 0.3) is 54.8 Å². The lowest BCUT2D eigenvalue weighted by Crippen LogP contribution is -2.37. The highest BCUT2D eigenvalue weighted by Gasteiger charge is 2.49. The molecule has 6 aromatic carbocycles. The van der Waals surface area contributed by atoms with Crippen LogP contribution in [0.15, 0.2) is 143 Å². The summed E-state index contributed by atoms with van der Waals surface area (Å²) in [5, 5.41) is 4.01. The summed E-state index contributed by atoms with van der Waals surface area (Å²) in [7, 11) is 0. The van der Waals surface area contributed by atoms with Gasteiger partial charge in [-0.05, 0) is 64.4 Å². The van der Waals surface area contributed by atoms with Gasteiger partial charge >= 0.3 is 0 Å². The van der Waals surface area contributed by atoms with Gasteiger partial charge in [-0.3, -0.25) is 0 Å². The molecule has 1 nitrogen and oxygen atoms in total. The third-order valence-electron chi connectivity index (χ3n) is 10.5. The lowest BCUT2D eigenvalue weighted by Gasteiger charge is -2.45. The van der Waals surface area contributed by atoms with Crippen LogP contribution in [0.3, 0.4) is 0 Å². The number of allylic oxidation sites excluding steroid dienone is 1. The lowest BCUT2D eigenvalue weighted by atomic mass is 9.62. The Balaban J connectivity index is 0.00000145. The van der Waals surface area contributed by atoms with Crippen molar-refractivity contribution in [1.29, 1.82) is 0 Å². The van der Waals surface area contributed by atoms with Crippen molar-refractivity contribution in [2.24, 2.45) is 0 Å². The fourth-order valence-electron chi connectivity index (χ4n) is 8.74. The summed E-state index contributed by atoms with van der Waals surface area (Å²) in [6, 6.07) is 48.2. The van der Waals surface area contributed by atoms with Crippen LogP contribution in [-0.4, -0.2) is 4.57 Å². The number of hydrogen-bond acceptors (Lipinski definition) is 2. The first-order chi connectivity index (χ1) is 23.8. The van der Waals surface area contributed by atoms with Crippen LogP contribution >= 0.6 is 23.1 Å². The molecule has 0 saturated carbocycles. The smallest absolute Gasteiger partial charge is 0.0764 e. The van der Waals surface area contributed by atoms with E-state index in [4.69, 9.17) is 0 Å². The molecule has 0 bridgehead atoms. The molecule has 48 heavy (non-hydrogen) atoms. The van der Waals surface area contributed by atoms with Crippen LogP contribution in [0.5, 0.6) is 0 Å². The van der Waals surface area contributed by atoms with Crippen molar-refractivity contribution in [2.75, 3.05) is 0 Å². The van der Waals surface area contributed by atoms with Crippen LogP contribution in [-0.2, 0) is 11.8 Å². The number of aryl methyl sites for hydroxylation is 1. The number of benzene rings is 6. The molecule has 1 atom stereocenters. The van der Waals surface area contributed by atoms with E-state index in [-0.39, 0.29) is 0 Å². The van der Waals surface area contributed by atoms with Crippen molar-refractivity contribution >= 4 is 61.1 Å². The summed E-state index contributed by atoms with van der Waals surface area (Å²) < 4.78 is 3.94. The third-order valence-corrected chi connectivity index (χ3v) is 13.0. The summed E-state index contributed by atoms with van der Waals surface area (Å²) in [6.45, 7) is 4.00.